The highest BCUT2D eigenvalue weighted by Gasteiger charge is 2.38. The summed E-state index contributed by atoms with van der Waals surface area (Å²) in [5.41, 5.74) is 4.15. The molecule has 1 aliphatic rings. The molecule has 0 radical (unpaired) electrons. The maximum absolute atomic E-state index is 12.8. The molecule has 0 bridgehead atoms. The lowest BCUT2D eigenvalue weighted by molar-refractivity contribution is -0.192. The van der Waals surface area contributed by atoms with Crippen molar-refractivity contribution in [2.45, 2.75) is 39.0 Å². The zero-order chi connectivity index (χ0) is 23.9. The minimum absolute atomic E-state index is 0.0660. The molecular formula is C23H27F3N2O4. The molecule has 2 aromatic rings. The Hall–Kier alpha value is -2.94. The fourth-order valence-electron chi connectivity index (χ4n) is 3.62. The number of piperidine rings is 1. The van der Waals surface area contributed by atoms with E-state index in [1.807, 2.05) is 24.0 Å². The van der Waals surface area contributed by atoms with Crippen molar-refractivity contribution in [3.63, 3.8) is 0 Å². The summed E-state index contributed by atoms with van der Waals surface area (Å²) >= 11 is 0. The van der Waals surface area contributed by atoms with Gasteiger partial charge < -0.3 is 14.7 Å². The number of likely N-dealkylation sites (tertiary alicyclic amines) is 1. The molecule has 1 aromatic heterocycles. The number of benzene rings is 1. The monoisotopic (exact) mass is 452 g/mol. The molecule has 2 atom stereocenters. The number of pyridine rings is 1. The first-order valence-electron chi connectivity index (χ1n) is 10.1. The quantitative estimate of drug-likeness (QED) is 0.757. The molecule has 0 aliphatic carbocycles. The SMILES string of the molecule is CO[C@@H]1CCN(C(=O)c2ccc(C)nc2)C[C@@H]1Cc1cccc(C)c1.O=C(O)C(F)(F)F. The van der Waals surface area contributed by atoms with Crippen molar-refractivity contribution in [2.24, 2.45) is 5.92 Å². The Kier molecular flexibility index (Phi) is 8.77. The Morgan fingerprint density at radius 2 is 1.91 bits per heavy atom. The molecule has 32 heavy (non-hydrogen) atoms. The van der Waals surface area contributed by atoms with Gasteiger partial charge in [0, 0.05) is 38.0 Å². The summed E-state index contributed by atoms with van der Waals surface area (Å²) in [7, 11) is 1.77. The van der Waals surface area contributed by atoms with Gasteiger partial charge in [-0.3, -0.25) is 9.78 Å². The highest BCUT2D eigenvalue weighted by molar-refractivity contribution is 5.94. The number of alkyl halides is 3. The van der Waals surface area contributed by atoms with Gasteiger partial charge in [0.2, 0.25) is 0 Å². The van der Waals surface area contributed by atoms with Crippen molar-refractivity contribution in [3.8, 4) is 0 Å². The molecule has 1 N–H and O–H groups in total. The van der Waals surface area contributed by atoms with Gasteiger partial charge in [0.1, 0.15) is 0 Å². The van der Waals surface area contributed by atoms with Crippen LogP contribution in [0.2, 0.25) is 0 Å². The van der Waals surface area contributed by atoms with E-state index in [1.165, 1.54) is 11.1 Å². The first-order chi connectivity index (χ1) is 15.0. The van der Waals surface area contributed by atoms with Crippen molar-refractivity contribution in [1.82, 2.24) is 9.88 Å². The van der Waals surface area contributed by atoms with Gasteiger partial charge in [0.15, 0.2) is 0 Å². The van der Waals surface area contributed by atoms with Gasteiger partial charge in [-0.25, -0.2) is 4.79 Å². The summed E-state index contributed by atoms with van der Waals surface area (Å²) < 4.78 is 37.4. The van der Waals surface area contributed by atoms with Crippen LogP contribution >= 0.6 is 0 Å². The number of carboxylic acids is 1. The van der Waals surface area contributed by atoms with Crippen LogP contribution in [0.3, 0.4) is 0 Å². The Labute approximate surface area is 185 Å². The molecule has 6 nitrogen and oxygen atoms in total. The summed E-state index contributed by atoms with van der Waals surface area (Å²) in [6.45, 7) is 5.49. The third kappa shape index (κ3) is 7.33. The van der Waals surface area contributed by atoms with E-state index in [0.29, 0.717) is 11.5 Å². The number of carbonyl (C=O) groups excluding carboxylic acids is 1. The highest BCUT2D eigenvalue weighted by atomic mass is 19.4. The van der Waals surface area contributed by atoms with Crippen molar-refractivity contribution < 1.29 is 32.6 Å². The smallest absolute Gasteiger partial charge is 0.475 e. The number of rotatable bonds is 4. The van der Waals surface area contributed by atoms with E-state index in [1.54, 1.807) is 13.3 Å². The van der Waals surface area contributed by atoms with Crippen LogP contribution in [0.5, 0.6) is 0 Å². The molecular weight excluding hydrogens is 425 g/mol. The van der Waals surface area contributed by atoms with Gasteiger partial charge in [0.05, 0.1) is 11.7 Å². The third-order valence-electron chi connectivity index (χ3n) is 5.24. The minimum atomic E-state index is -5.08. The summed E-state index contributed by atoms with van der Waals surface area (Å²) in [5.74, 6) is -2.38. The first kappa shape index (κ1) is 25.3. The van der Waals surface area contributed by atoms with E-state index >= 15 is 0 Å². The lowest BCUT2D eigenvalue weighted by Gasteiger charge is -2.38. The van der Waals surface area contributed by atoms with Crippen LogP contribution in [-0.4, -0.2) is 59.3 Å². The zero-order valence-corrected chi connectivity index (χ0v) is 18.2. The van der Waals surface area contributed by atoms with E-state index in [9.17, 15) is 18.0 Å². The van der Waals surface area contributed by atoms with Gasteiger partial charge in [0.25, 0.3) is 5.91 Å². The van der Waals surface area contributed by atoms with Gasteiger partial charge in [-0.05, 0) is 44.4 Å². The number of nitrogens with zero attached hydrogens (tertiary/aromatic N) is 2. The summed E-state index contributed by atoms with van der Waals surface area (Å²) in [6, 6.07) is 12.3. The van der Waals surface area contributed by atoms with Crippen LogP contribution in [0, 0.1) is 19.8 Å². The second kappa shape index (κ2) is 11.1. The topological polar surface area (TPSA) is 79.7 Å². The molecule has 3 rings (SSSR count). The van der Waals surface area contributed by atoms with Crippen molar-refractivity contribution in [2.75, 3.05) is 20.2 Å². The maximum atomic E-state index is 12.8. The number of hydrogen-bond donors (Lipinski definition) is 1. The minimum Gasteiger partial charge on any atom is -0.475 e. The fourth-order valence-corrected chi connectivity index (χ4v) is 3.62. The van der Waals surface area contributed by atoms with Crippen LogP contribution < -0.4 is 0 Å². The van der Waals surface area contributed by atoms with Crippen LogP contribution in [0.1, 0.15) is 33.6 Å². The number of amides is 1. The molecule has 174 valence electrons. The lowest BCUT2D eigenvalue weighted by atomic mass is 9.88. The number of carbonyl (C=O) groups is 2. The Bertz CT molecular complexity index is 916. The summed E-state index contributed by atoms with van der Waals surface area (Å²) in [5, 5.41) is 7.12. The predicted octanol–water partition coefficient (Wildman–Crippen LogP) is 4.05. The average molecular weight is 452 g/mol. The van der Waals surface area contributed by atoms with Crippen molar-refractivity contribution in [3.05, 3.63) is 65.0 Å². The number of aryl methyl sites for hydroxylation is 2. The Morgan fingerprint density at radius 1 is 1.22 bits per heavy atom. The average Bonchev–Trinajstić information content (AvgIpc) is 2.73. The van der Waals surface area contributed by atoms with E-state index < -0.39 is 12.1 Å². The molecule has 9 heteroatoms. The number of ether oxygens (including phenoxy) is 1. The second-order valence-corrected chi connectivity index (χ2v) is 7.76. The molecule has 1 amide bonds. The van der Waals surface area contributed by atoms with E-state index in [4.69, 9.17) is 14.6 Å². The van der Waals surface area contributed by atoms with Crippen molar-refractivity contribution >= 4 is 11.9 Å². The van der Waals surface area contributed by atoms with Gasteiger partial charge in [-0.1, -0.05) is 29.8 Å². The second-order valence-electron chi connectivity index (χ2n) is 7.76. The Balaban J connectivity index is 0.000000451. The molecule has 0 saturated carbocycles. The van der Waals surface area contributed by atoms with Gasteiger partial charge in [-0.2, -0.15) is 13.2 Å². The lowest BCUT2D eigenvalue weighted by Crippen LogP contribution is -2.47. The molecule has 0 spiro atoms. The number of halogens is 3. The molecule has 2 heterocycles. The molecule has 1 saturated heterocycles. The summed E-state index contributed by atoms with van der Waals surface area (Å²) in [4.78, 5) is 27.9. The predicted molar refractivity (Wildman–Crippen MR) is 112 cm³/mol. The van der Waals surface area contributed by atoms with Crippen LogP contribution in [0.25, 0.3) is 0 Å². The van der Waals surface area contributed by atoms with Gasteiger partial charge in [-0.15, -0.1) is 0 Å². The zero-order valence-electron chi connectivity index (χ0n) is 18.2. The molecule has 1 aromatic carbocycles. The molecule has 1 fully saturated rings. The normalized spacial score (nSPS) is 18.5. The van der Waals surface area contributed by atoms with Crippen LogP contribution in [0.15, 0.2) is 42.6 Å². The number of methoxy groups -OCH3 is 1. The fraction of sp³-hybridized carbons (Fsp3) is 0.435. The molecule has 0 unspecified atom stereocenters. The van der Waals surface area contributed by atoms with Crippen LogP contribution in [-0.2, 0) is 16.0 Å². The van der Waals surface area contributed by atoms with Crippen LogP contribution in [0.4, 0.5) is 13.2 Å². The largest absolute Gasteiger partial charge is 0.490 e. The Morgan fingerprint density at radius 3 is 2.44 bits per heavy atom. The number of carboxylic acid groups (broad SMARTS) is 1. The standard InChI is InChI=1S/C21H26N2O2.C2HF3O2/c1-15-5-4-6-17(11-15)12-19-14-23(10-9-20(19)25-3)21(24)18-8-7-16(2)22-13-18;3-2(4,5)1(6)7/h4-8,11,13,19-20H,9-10,12,14H2,1-3H3;(H,6,7)/t19-,20+;/m0./s1. The third-order valence-corrected chi connectivity index (χ3v) is 5.24. The number of aromatic nitrogens is 1. The number of aliphatic carboxylic acids is 1. The number of hydrogen-bond acceptors (Lipinski definition) is 4. The summed E-state index contributed by atoms with van der Waals surface area (Å²) in [6.07, 6.45) is -1.41. The maximum Gasteiger partial charge on any atom is 0.490 e. The van der Waals surface area contributed by atoms with E-state index in [-0.39, 0.29) is 12.0 Å². The first-order valence-corrected chi connectivity index (χ1v) is 10.1. The highest BCUT2D eigenvalue weighted by Crippen LogP contribution is 2.25. The van der Waals surface area contributed by atoms with Gasteiger partial charge >= 0.3 is 12.1 Å². The van der Waals surface area contributed by atoms with Crippen molar-refractivity contribution in [1.29, 1.82) is 0 Å². The van der Waals surface area contributed by atoms with E-state index in [2.05, 4.69) is 36.2 Å². The van der Waals surface area contributed by atoms with E-state index in [0.717, 1.165) is 31.6 Å². The molecule has 1 aliphatic heterocycles.